The normalized spacial score (nSPS) is 17.2. The predicted octanol–water partition coefficient (Wildman–Crippen LogP) is 11.6. The highest BCUT2D eigenvalue weighted by Crippen LogP contribution is 2.71. The molecule has 4 aromatic rings. The molecule has 1 atom stereocenters. The van der Waals surface area contributed by atoms with Crippen LogP contribution in [0.2, 0.25) is 16.6 Å². The van der Waals surface area contributed by atoms with E-state index in [9.17, 15) is 0 Å². The van der Waals surface area contributed by atoms with Gasteiger partial charge in [0.1, 0.15) is 16.9 Å². The van der Waals surface area contributed by atoms with Crippen molar-refractivity contribution in [1.82, 2.24) is 0 Å². The highest BCUT2D eigenvalue weighted by Gasteiger charge is 2.54. The first-order chi connectivity index (χ1) is 22.0. The Morgan fingerprint density at radius 1 is 0.696 bits per heavy atom. The molecule has 0 spiro atoms. The smallest absolute Gasteiger partial charge is 0.258 e. The lowest BCUT2D eigenvalue weighted by Crippen LogP contribution is -2.47. The van der Waals surface area contributed by atoms with Crippen LogP contribution in [0.1, 0.15) is 74.9 Å². The molecule has 0 saturated heterocycles. The van der Waals surface area contributed by atoms with Gasteiger partial charge >= 0.3 is 0 Å². The van der Waals surface area contributed by atoms with Crippen molar-refractivity contribution in [1.29, 1.82) is 0 Å². The van der Waals surface area contributed by atoms with Crippen LogP contribution in [0.3, 0.4) is 0 Å². The number of benzene rings is 4. The molecule has 0 radical (unpaired) electrons. The molecular weight excluding hydrogens is 600 g/mol. The molecule has 0 aromatic heterocycles. The zero-order valence-corrected chi connectivity index (χ0v) is 31.0. The van der Waals surface area contributed by atoms with Gasteiger partial charge in [0, 0.05) is 13.5 Å². The van der Waals surface area contributed by atoms with E-state index in [0.29, 0.717) is 16.6 Å². The van der Waals surface area contributed by atoms with Crippen molar-refractivity contribution in [3.63, 3.8) is 0 Å². The molecule has 0 N–H and O–H groups in total. The highest BCUT2D eigenvalue weighted by atomic mass is 31.1. The van der Waals surface area contributed by atoms with E-state index in [0.717, 1.165) is 33.6 Å². The molecule has 1 aliphatic heterocycles. The number of rotatable bonds is 10. The first-order valence-corrected chi connectivity index (χ1v) is 19.9. The molecule has 46 heavy (non-hydrogen) atoms. The lowest BCUT2D eigenvalue weighted by Gasteiger charge is -2.43. The molecule has 6 heteroatoms. The van der Waals surface area contributed by atoms with Crippen molar-refractivity contribution in [3.8, 4) is 5.75 Å². The minimum atomic E-state index is -2.41. The maximum atomic E-state index is 7.73. The third-order valence-corrected chi connectivity index (χ3v) is 18.7. The summed E-state index contributed by atoms with van der Waals surface area (Å²) in [5.41, 5.74) is 9.19. The molecule has 0 amide bonds. The molecule has 1 unspecified atom stereocenters. The lowest BCUT2D eigenvalue weighted by molar-refractivity contribution is 0.414. The Balaban J connectivity index is 1.94. The largest absolute Gasteiger partial charge is 0.541 e. The lowest BCUT2D eigenvalue weighted by atomic mass is 9.98. The van der Waals surface area contributed by atoms with Gasteiger partial charge in [-0.2, -0.15) is 5.11 Å². The van der Waals surface area contributed by atoms with E-state index in [1.165, 1.54) is 22.0 Å². The number of nitrogens with zero attached hydrogens (tertiary/aromatic N) is 2. The van der Waals surface area contributed by atoms with Gasteiger partial charge in [-0.25, -0.2) is 0 Å². The van der Waals surface area contributed by atoms with E-state index < -0.39 is 21.5 Å². The minimum Gasteiger partial charge on any atom is -0.541 e. The zero-order chi connectivity index (χ0) is 33.2. The fourth-order valence-electron chi connectivity index (χ4n) is 7.69. The second-order valence-corrected chi connectivity index (χ2v) is 21.1. The summed E-state index contributed by atoms with van der Waals surface area (Å²) < 4.78 is 13.3. The van der Waals surface area contributed by atoms with Crippen molar-refractivity contribution in [2.75, 3.05) is 7.11 Å². The Morgan fingerprint density at radius 3 is 1.61 bits per heavy atom. The number of azo groups is 1. The fraction of sp³-hybridized carbons (Fsp3) is 0.350. The number of methoxy groups -OCH3 is 1. The highest BCUT2D eigenvalue weighted by molar-refractivity contribution is 7.71. The number of ether oxygens (including phenoxy) is 1. The SMILES string of the molecule is COc1ccc(/C(O[Si](C(C)C)(C(C)C)C(C)C)=C2/N=NC(c3ccccc3)(c3ccccc3)P2c2c(C)cc(C)cc2C)cc1. The summed E-state index contributed by atoms with van der Waals surface area (Å²) in [5, 5.41) is 11.3. The third kappa shape index (κ3) is 5.89. The maximum absolute atomic E-state index is 7.73. The molecule has 4 nitrogen and oxygen atoms in total. The molecule has 0 aliphatic carbocycles. The Labute approximate surface area is 278 Å². The second kappa shape index (κ2) is 13.7. The van der Waals surface area contributed by atoms with Gasteiger partial charge in [-0.1, -0.05) is 120 Å². The topological polar surface area (TPSA) is 43.2 Å². The van der Waals surface area contributed by atoms with E-state index in [1.807, 2.05) is 12.1 Å². The monoisotopic (exact) mass is 648 g/mol. The Kier molecular flexibility index (Phi) is 10.1. The number of hydrogen-bond acceptors (Lipinski definition) is 4. The van der Waals surface area contributed by atoms with Crippen molar-refractivity contribution in [2.24, 2.45) is 10.2 Å². The minimum absolute atomic E-state index is 0.391. The van der Waals surface area contributed by atoms with Crippen molar-refractivity contribution >= 4 is 27.3 Å². The van der Waals surface area contributed by atoms with Gasteiger partial charge in [-0.05, 0) is 89.2 Å². The summed E-state index contributed by atoms with van der Waals surface area (Å²) in [4.78, 5) is 0. The molecular formula is C40H49N2O2PSi. The van der Waals surface area contributed by atoms with Crippen LogP contribution < -0.4 is 10.0 Å². The van der Waals surface area contributed by atoms with Crippen LogP contribution in [0.5, 0.6) is 5.75 Å². The summed E-state index contributed by atoms with van der Waals surface area (Å²) in [6.45, 7) is 20.7. The van der Waals surface area contributed by atoms with Crippen LogP contribution >= 0.6 is 7.92 Å². The van der Waals surface area contributed by atoms with Crippen molar-refractivity contribution in [3.05, 3.63) is 136 Å². The summed E-state index contributed by atoms with van der Waals surface area (Å²) >= 11 is 0. The van der Waals surface area contributed by atoms with E-state index in [1.54, 1.807) is 7.11 Å². The maximum Gasteiger partial charge on any atom is 0.258 e. The van der Waals surface area contributed by atoms with Gasteiger partial charge in [0.25, 0.3) is 8.32 Å². The second-order valence-electron chi connectivity index (χ2n) is 13.5. The van der Waals surface area contributed by atoms with Gasteiger partial charge in [0.05, 0.1) is 7.11 Å². The third-order valence-electron chi connectivity index (χ3n) is 9.58. The Hall–Kier alpha value is -3.53. The summed E-state index contributed by atoms with van der Waals surface area (Å²) in [6.07, 6.45) is 0. The van der Waals surface area contributed by atoms with Crippen molar-refractivity contribution in [2.45, 2.75) is 84.2 Å². The first kappa shape index (κ1) is 33.8. The molecule has 1 aliphatic rings. The molecule has 4 aromatic carbocycles. The average molecular weight is 649 g/mol. The van der Waals surface area contributed by atoms with E-state index in [2.05, 4.69) is 147 Å². The van der Waals surface area contributed by atoms with Gasteiger partial charge in [0.15, 0.2) is 5.28 Å². The summed E-state index contributed by atoms with van der Waals surface area (Å²) in [5.74, 6) is 1.69. The number of aryl methyl sites for hydroxylation is 3. The van der Waals surface area contributed by atoms with Crippen LogP contribution in [-0.2, 0) is 9.71 Å². The molecule has 240 valence electrons. The standard InChI is InChI=1S/C40H49N2O2PSi/c1-27(2)46(28(3)4,29(5)6)44-37(33-21-23-36(43-10)24-22-33)39-41-42-40(34-17-13-11-14-18-34,35-19-15-12-16-20-35)45(39)38-31(8)25-30(7)26-32(38)9/h11-29H,1-10H3/b39-37+. The average Bonchev–Trinajstić information content (AvgIpc) is 3.42. The van der Waals surface area contributed by atoms with Crippen LogP contribution in [0.25, 0.3) is 5.76 Å². The quantitative estimate of drug-likeness (QED) is 0.0975. The molecule has 1 heterocycles. The Morgan fingerprint density at radius 2 is 1.17 bits per heavy atom. The number of hydrogen-bond donors (Lipinski definition) is 0. The summed E-state index contributed by atoms with van der Waals surface area (Å²) in [6, 6.07) is 34.4. The molecule has 5 rings (SSSR count). The summed E-state index contributed by atoms with van der Waals surface area (Å²) in [7, 11) is -1.94. The van der Waals surface area contributed by atoms with E-state index in [4.69, 9.17) is 19.4 Å². The van der Waals surface area contributed by atoms with Gasteiger partial charge in [-0.15, -0.1) is 5.11 Å². The van der Waals surface area contributed by atoms with Crippen molar-refractivity contribution < 1.29 is 9.16 Å². The molecule has 0 fully saturated rings. The van der Waals surface area contributed by atoms with Crippen LogP contribution in [0.4, 0.5) is 0 Å². The predicted molar refractivity (Wildman–Crippen MR) is 198 cm³/mol. The molecule has 0 bridgehead atoms. The first-order valence-electron chi connectivity index (χ1n) is 16.5. The van der Waals surface area contributed by atoms with Gasteiger partial charge in [-0.3, -0.25) is 0 Å². The van der Waals surface area contributed by atoms with Gasteiger partial charge < -0.3 is 9.16 Å². The molecule has 0 saturated carbocycles. The van der Waals surface area contributed by atoms with Gasteiger partial charge in [0.2, 0.25) is 0 Å². The fourth-order valence-corrected chi connectivity index (χ4v) is 16.2. The van der Waals surface area contributed by atoms with Crippen LogP contribution in [-0.4, -0.2) is 15.4 Å². The zero-order valence-electron chi connectivity index (χ0n) is 29.1. The Bertz CT molecular complexity index is 1630. The van der Waals surface area contributed by atoms with Crippen LogP contribution in [0, 0.1) is 20.8 Å². The van der Waals surface area contributed by atoms with E-state index >= 15 is 0 Å². The van der Waals surface area contributed by atoms with Crippen LogP contribution in [0.15, 0.2) is 113 Å². The van der Waals surface area contributed by atoms with E-state index in [-0.39, 0.29) is 0 Å².